The van der Waals surface area contributed by atoms with Gasteiger partial charge in [-0.05, 0) is 54.7 Å². The first-order chi connectivity index (χ1) is 7.22. The van der Waals surface area contributed by atoms with Gasteiger partial charge in [0, 0.05) is 0 Å². The van der Waals surface area contributed by atoms with E-state index < -0.39 is 19.4 Å². The molecule has 9 heteroatoms. The summed E-state index contributed by atoms with van der Waals surface area (Å²) in [7, 11) is 1.13. The number of esters is 1. The normalized spacial score (nSPS) is 14.8. The largest absolute Gasteiger partial charge is 0.474 e. The van der Waals surface area contributed by atoms with Crippen molar-refractivity contribution >= 4 is 64.8 Å². The van der Waals surface area contributed by atoms with Crippen LogP contribution in [0, 0.1) is 6.57 Å². The molecule has 0 aromatic carbocycles. The molecule has 0 saturated heterocycles. The van der Waals surface area contributed by atoms with E-state index in [-0.39, 0.29) is 10.6 Å². The molecule has 0 amide bonds. The lowest BCUT2D eigenvalue weighted by atomic mass is 10.4. The van der Waals surface area contributed by atoms with Crippen molar-refractivity contribution in [3.8, 4) is 0 Å². The Hall–Kier alpha value is 0.250. The Morgan fingerprint density at radius 1 is 1.44 bits per heavy atom. The van der Waals surface area contributed by atoms with E-state index in [1.54, 1.807) is 0 Å². The predicted molar refractivity (Wildman–Crippen MR) is 70.1 cm³/mol. The number of hydrogen-bond donors (Lipinski definition) is 0. The molecule has 0 aliphatic heterocycles. The molecule has 0 aromatic rings. The van der Waals surface area contributed by atoms with Gasteiger partial charge in [-0.2, -0.15) is 0 Å². The molecular formula is C7H6Br3NO4S. The minimum absolute atomic E-state index is 0.0235. The smallest absolute Gasteiger partial charge is 0.337 e. The maximum atomic E-state index is 11.6. The van der Waals surface area contributed by atoms with E-state index in [1.165, 1.54) is 6.92 Å². The first-order valence-corrected chi connectivity index (χ1v) is 7.03. The Labute approximate surface area is 120 Å². The first-order valence-electron chi connectivity index (χ1n) is 3.57. The highest BCUT2D eigenvalue weighted by atomic mass is 80.0. The van der Waals surface area contributed by atoms with Crippen LogP contribution in [-0.4, -0.2) is 19.6 Å². The molecule has 0 aromatic heterocycles. The summed E-state index contributed by atoms with van der Waals surface area (Å²) in [4.78, 5) is 14.1. The average molecular weight is 440 g/mol. The molecule has 0 heterocycles. The molecule has 0 rings (SSSR count). The minimum atomic E-state index is -1.96. The van der Waals surface area contributed by atoms with Gasteiger partial charge in [0.1, 0.15) is 0 Å². The van der Waals surface area contributed by atoms with E-state index in [2.05, 4.69) is 57.4 Å². The van der Waals surface area contributed by atoms with Gasteiger partial charge in [-0.25, -0.2) is 13.2 Å². The number of alkyl halides is 3. The van der Waals surface area contributed by atoms with Crippen LogP contribution in [0.4, 0.5) is 0 Å². The fourth-order valence-corrected chi connectivity index (χ4v) is 2.26. The molecule has 0 aliphatic rings. The van der Waals surface area contributed by atoms with Gasteiger partial charge < -0.3 is 4.74 Å². The highest BCUT2D eigenvalue weighted by molar-refractivity contribution is 9.39. The van der Waals surface area contributed by atoms with Gasteiger partial charge in [-0.15, -0.1) is 0 Å². The summed E-state index contributed by atoms with van der Waals surface area (Å²) < 4.78 is 19.7. The lowest BCUT2D eigenvalue weighted by molar-refractivity contribution is -0.135. The van der Waals surface area contributed by atoms with Gasteiger partial charge in [0.05, 0.1) is 18.6 Å². The van der Waals surface area contributed by atoms with Crippen molar-refractivity contribution in [1.29, 1.82) is 0 Å². The van der Waals surface area contributed by atoms with Crippen molar-refractivity contribution in [3.63, 3.8) is 0 Å². The zero-order valence-electron chi connectivity index (χ0n) is 8.12. The van der Waals surface area contributed by atoms with E-state index in [0.717, 1.165) is 7.11 Å². The molecule has 0 bridgehead atoms. The number of carbonyl (C=O) groups excluding carboxylic acids is 1. The standard InChI is InChI=1S/C7H6Br3NO4S/c1-4(5(11-2)6(12)14-3)16(13)15-7(8,9)10/h1,3H3/b5-4+. The number of rotatable bonds is 3. The van der Waals surface area contributed by atoms with Crippen LogP contribution in [0.1, 0.15) is 6.92 Å². The molecule has 0 spiro atoms. The molecule has 0 fully saturated rings. The van der Waals surface area contributed by atoms with Crippen LogP contribution in [-0.2, 0) is 24.8 Å². The third-order valence-corrected chi connectivity index (χ3v) is 3.47. The second-order valence-corrected chi connectivity index (χ2v) is 10.1. The van der Waals surface area contributed by atoms with E-state index >= 15 is 0 Å². The molecule has 0 saturated carbocycles. The Morgan fingerprint density at radius 2 is 1.94 bits per heavy atom. The summed E-state index contributed by atoms with van der Waals surface area (Å²) in [5, 5.41) is 0. The SMILES string of the molecule is [C-]#[N+]/C(C(=O)OC)=C(\C)S(=O)OC(Br)(Br)Br. The van der Waals surface area contributed by atoms with Crippen molar-refractivity contribution in [2.45, 2.75) is 9.25 Å². The monoisotopic (exact) mass is 437 g/mol. The third-order valence-electron chi connectivity index (χ3n) is 1.24. The zero-order chi connectivity index (χ0) is 12.9. The van der Waals surface area contributed by atoms with Crippen molar-refractivity contribution in [2.75, 3.05) is 7.11 Å². The minimum Gasteiger partial charge on any atom is -0.474 e. The Morgan fingerprint density at radius 3 is 2.25 bits per heavy atom. The fourth-order valence-electron chi connectivity index (χ4n) is 0.592. The van der Waals surface area contributed by atoms with Crippen LogP contribution >= 0.6 is 47.8 Å². The number of ether oxygens (including phenoxy) is 1. The summed E-state index contributed by atoms with van der Waals surface area (Å²) in [6.07, 6.45) is 0. The molecule has 90 valence electrons. The third kappa shape index (κ3) is 5.54. The lowest BCUT2D eigenvalue weighted by Crippen LogP contribution is -2.13. The molecule has 5 nitrogen and oxygen atoms in total. The summed E-state index contributed by atoms with van der Waals surface area (Å²) in [6, 6.07) is 0. The Kier molecular flexibility index (Phi) is 6.96. The van der Waals surface area contributed by atoms with E-state index in [0.29, 0.717) is 0 Å². The number of methoxy groups -OCH3 is 1. The van der Waals surface area contributed by atoms with Crippen LogP contribution < -0.4 is 0 Å². The average Bonchev–Trinajstić information content (AvgIpc) is 2.15. The molecule has 16 heavy (non-hydrogen) atoms. The number of allylic oxidation sites excluding steroid dienone is 1. The van der Waals surface area contributed by atoms with Crippen LogP contribution in [0.2, 0.25) is 0 Å². The van der Waals surface area contributed by atoms with Gasteiger partial charge in [0.15, 0.2) is 11.1 Å². The van der Waals surface area contributed by atoms with Gasteiger partial charge in [-0.1, -0.05) is 0 Å². The Bertz CT molecular complexity index is 382. The van der Waals surface area contributed by atoms with Crippen molar-refractivity contribution < 1.29 is 17.9 Å². The summed E-state index contributed by atoms with van der Waals surface area (Å²) in [6.45, 7) is 8.14. The topological polar surface area (TPSA) is 57.0 Å². The lowest BCUT2D eigenvalue weighted by Gasteiger charge is -2.12. The van der Waals surface area contributed by atoms with Gasteiger partial charge >= 0.3 is 5.97 Å². The first kappa shape index (κ1) is 16.2. The van der Waals surface area contributed by atoms with Crippen LogP contribution in [0.3, 0.4) is 0 Å². The maximum absolute atomic E-state index is 11.6. The van der Waals surface area contributed by atoms with Crippen LogP contribution in [0.15, 0.2) is 10.6 Å². The summed E-state index contributed by atoms with van der Waals surface area (Å²) in [5.41, 5.74) is -0.363. The van der Waals surface area contributed by atoms with E-state index in [4.69, 9.17) is 10.8 Å². The number of nitrogens with zero attached hydrogens (tertiary/aromatic N) is 1. The number of carbonyl (C=O) groups is 1. The van der Waals surface area contributed by atoms with Crippen LogP contribution in [0.25, 0.3) is 4.85 Å². The highest BCUT2D eigenvalue weighted by Crippen LogP contribution is 2.36. The van der Waals surface area contributed by atoms with Crippen molar-refractivity contribution in [1.82, 2.24) is 0 Å². The second kappa shape index (κ2) is 6.86. The highest BCUT2D eigenvalue weighted by Gasteiger charge is 2.26. The molecular weight excluding hydrogens is 434 g/mol. The Balaban J connectivity index is 5.08. The predicted octanol–water partition coefficient (Wildman–Crippen LogP) is 2.79. The fraction of sp³-hybridized carbons (Fsp3) is 0.429. The van der Waals surface area contributed by atoms with Crippen molar-refractivity contribution in [3.05, 3.63) is 22.0 Å². The number of halogens is 3. The molecule has 0 aliphatic carbocycles. The van der Waals surface area contributed by atoms with Crippen molar-refractivity contribution in [2.24, 2.45) is 0 Å². The van der Waals surface area contributed by atoms with Gasteiger partial charge in [0.2, 0.25) is 2.33 Å². The second-order valence-electron chi connectivity index (χ2n) is 2.27. The van der Waals surface area contributed by atoms with E-state index in [1.807, 2.05) is 0 Å². The summed E-state index contributed by atoms with van der Waals surface area (Å²) >= 11 is 6.96. The van der Waals surface area contributed by atoms with Gasteiger partial charge in [-0.3, -0.25) is 4.79 Å². The van der Waals surface area contributed by atoms with Gasteiger partial charge in [0.25, 0.3) is 5.70 Å². The van der Waals surface area contributed by atoms with Crippen LogP contribution in [0.5, 0.6) is 0 Å². The summed E-state index contributed by atoms with van der Waals surface area (Å²) in [5.74, 6) is -0.853. The molecule has 0 N–H and O–H groups in total. The quantitative estimate of drug-likeness (QED) is 0.294. The van der Waals surface area contributed by atoms with E-state index in [9.17, 15) is 9.00 Å². The maximum Gasteiger partial charge on any atom is 0.337 e. The molecule has 1 atom stereocenters. The zero-order valence-corrected chi connectivity index (χ0v) is 13.7. The molecule has 0 radical (unpaired) electrons. The number of hydrogen-bond acceptors (Lipinski definition) is 4. The molecule has 1 unspecified atom stereocenters.